The zero-order valence-corrected chi connectivity index (χ0v) is 13.2. The van der Waals surface area contributed by atoms with Gasteiger partial charge in [0.2, 0.25) is 0 Å². The highest BCUT2D eigenvalue weighted by Gasteiger charge is 2.22. The average Bonchev–Trinajstić information content (AvgIpc) is 2.94. The smallest absolute Gasteiger partial charge is 0.361 e. The van der Waals surface area contributed by atoms with Crippen molar-refractivity contribution in [3.63, 3.8) is 0 Å². The summed E-state index contributed by atoms with van der Waals surface area (Å²) in [5.41, 5.74) is -1.19. The fraction of sp³-hybridized carbons (Fsp3) is 0.308. The van der Waals surface area contributed by atoms with E-state index in [1.54, 1.807) is 20.8 Å². The first-order chi connectivity index (χ1) is 11.1. The van der Waals surface area contributed by atoms with Gasteiger partial charge in [0.15, 0.2) is 17.1 Å². The fourth-order valence-corrected chi connectivity index (χ4v) is 1.85. The monoisotopic (exact) mass is 339 g/mol. The number of hydrogen-bond acceptors (Lipinski definition) is 8. The lowest BCUT2D eigenvalue weighted by atomic mass is 10.2. The highest BCUT2D eigenvalue weighted by atomic mass is 16.8. The number of nitrogens with zero attached hydrogens (tertiary/aromatic N) is 3. The van der Waals surface area contributed by atoms with Crippen LogP contribution in [0.4, 0.5) is 11.4 Å². The van der Waals surface area contributed by atoms with Crippen LogP contribution >= 0.6 is 0 Å². The number of nitrogens with one attached hydrogen (secondary N) is 2. The first kappa shape index (κ1) is 17.9. The lowest BCUT2D eigenvalue weighted by Crippen LogP contribution is -3.01. The second-order valence-corrected chi connectivity index (χ2v) is 5.89. The van der Waals surface area contributed by atoms with Crippen LogP contribution in [0.1, 0.15) is 31.3 Å². The molecule has 0 aliphatic rings. The predicted molar refractivity (Wildman–Crippen MR) is 78.1 cm³/mol. The van der Waals surface area contributed by atoms with Crippen LogP contribution in [0.25, 0.3) is 5.69 Å². The highest BCUT2D eigenvalue weighted by Crippen LogP contribution is 2.19. The number of ether oxygens (including phenoxy) is 1. The van der Waals surface area contributed by atoms with Gasteiger partial charge in [-0.25, -0.2) is 19.9 Å². The zero-order valence-electron chi connectivity index (χ0n) is 13.2. The molecule has 0 saturated carbocycles. The number of benzene rings is 1. The van der Waals surface area contributed by atoms with Gasteiger partial charge in [0, 0.05) is 6.07 Å². The minimum atomic E-state index is -1.33. The van der Waals surface area contributed by atoms with E-state index in [1.165, 1.54) is 18.3 Å². The molecule has 0 spiro atoms. The van der Waals surface area contributed by atoms with Gasteiger partial charge in [0.25, 0.3) is 0 Å². The molecule has 1 aromatic carbocycles. The second kappa shape index (κ2) is 6.60. The summed E-state index contributed by atoms with van der Waals surface area (Å²) in [5, 5.41) is 45.3. The molecule has 2 atom stereocenters. The van der Waals surface area contributed by atoms with Crippen molar-refractivity contribution in [2.75, 3.05) is 0 Å². The molecular weight excluding hydrogens is 322 g/mol. The number of aromatic nitrogens is 3. The molecule has 0 aliphatic heterocycles. The van der Waals surface area contributed by atoms with Crippen LogP contribution in [-0.4, -0.2) is 37.0 Å². The van der Waals surface area contributed by atoms with Crippen molar-refractivity contribution in [1.82, 2.24) is 15.0 Å². The molecule has 1 aromatic heterocycles. The topological polar surface area (TPSA) is 152 Å². The summed E-state index contributed by atoms with van der Waals surface area (Å²) in [6.45, 7) is 5.09. The van der Waals surface area contributed by atoms with Crippen LogP contribution in [0.3, 0.4) is 0 Å². The van der Waals surface area contributed by atoms with E-state index in [4.69, 9.17) is 9.94 Å². The molecule has 130 valence electrons. The Kier molecular flexibility index (Phi) is 4.94. The molecule has 1 heterocycles. The Morgan fingerprint density at radius 3 is 2.46 bits per heavy atom. The Morgan fingerprint density at radius 2 is 1.92 bits per heavy atom. The van der Waals surface area contributed by atoms with Crippen molar-refractivity contribution < 1.29 is 30.4 Å². The van der Waals surface area contributed by atoms with E-state index in [9.17, 15) is 20.4 Å². The lowest BCUT2D eigenvalue weighted by Gasteiger charge is -2.18. The summed E-state index contributed by atoms with van der Waals surface area (Å²) in [6, 6.07) is 3.52. The van der Waals surface area contributed by atoms with Gasteiger partial charge in [-0.2, -0.15) is 10.5 Å². The molecule has 0 radical (unpaired) electrons. The standard InChI is InChI=1S/C13H17N5O6/c1-13(2,3)24-12(19)9-7-16(15-14-9)10-5-4-8(17(20)21)6-11(10)18(22)23/h4-7,17-18,20,22H,1-3H3. The second-order valence-electron chi connectivity index (χ2n) is 5.89. The Balaban J connectivity index is 2.38. The van der Waals surface area contributed by atoms with E-state index in [1.807, 2.05) is 0 Å². The predicted octanol–water partition coefficient (Wildman–Crippen LogP) is -0.971. The molecule has 2 unspecified atom stereocenters. The van der Waals surface area contributed by atoms with Crippen molar-refractivity contribution in [3.8, 4) is 5.69 Å². The first-order valence-corrected chi connectivity index (χ1v) is 6.85. The fourth-order valence-electron chi connectivity index (χ4n) is 1.85. The lowest BCUT2D eigenvalue weighted by molar-refractivity contribution is -0.996. The molecule has 2 aromatic rings. The van der Waals surface area contributed by atoms with Crippen LogP contribution in [0.15, 0.2) is 24.4 Å². The van der Waals surface area contributed by atoms with E-state index in [0.717, 1.165) is 10.7 Å². The van der Waals surface area contributed by atoms with E-state index >= 15 is 0 Å². The van der Waals surface area contributed by atoms with Gasteiger partial charge >= 0.3 is 5.97 Å². The maximum atomic E-state index is 11.9. The van der Waals surface area contributed by atoms with E-state index < -0.39 is 22.0 Å². The van der Waals surface area contributed by atoms with Gasteiger partial charge in [0.05, 0.1) is 12.3 Å². The molecule has 4 N–H and O–H groups in total. The highest BCUT2D eigenvalue weighted by molar-refractivity contribution is 5.87. The Bertz CT molecular complexity index is 737. The summed E-state index contributed by atoms with van der Waals surface area (Å²) in [4.78, 5) is 11.9. The molecule has 11 heteroatoms. The number of quaternary nitrogens is 2. The molecule has 2 rings (SSSR count). The van der Waals surface area contributed by atoms with Crippen LogP contribution in [0.5, 0.6) is 0 Å². The van der Waals surface area contributed by atoms with Gasteiger partial charge in [-0.15, -0.1) is 5.10 Å². The maximum Gasteiger partial charge on any atom is 0.361 e. The maximum absolute atomic E-state index is 11.9. The van der Waals surface area contributed by atoms with Crippen LogP contribution in [0.2, 0.25) is 0 Å². The number of rotatable bonds is 4. The number of carbonyl (C=O) groups is 1. The summed E-state index contributed by atoms with van der Waals surface area (Å²) in [7, 11) is 0. The first-order valence-electron chi connectivity index (χ1n) is 6.85. The van der Waals surface area contributed by atoms with E-state index in [2.05, 4.69) is 10.3 Å². The molecule has 0 bridgehead atoms. The largest absolute Gasteiger partial charge is 0.595 e. The minimum Gasteiger partial charge on any atom is -0.595 e. The molecule has 24 heavy (non-hydrogen) atoms. The molecule has 0 fully saturated rings. The Hall–Kier alpha value is -2.41. The molecule has 0 aliphatic carbocycles. The van der Waals surface area contributed by atoms with Crippen molar-refractivity contribution in [3.05, 3.63) is 40.5 Å². The van der Waals surface area contributed by atoms with Gasteiger partial charge < -0.3 is 15.2 Å². The minimum absolute atomic E-state index is 0.0785. The SMILES string of the molecule is CC(C)(C)OC(=O)c1cn(-c2ccc([NH+]([O-])O)cc2[NH+]([O-])O)nn1. The summed E-state index contributed by atoms with van der Waals surface area (Å²) in [5.74, 6) is -0.701. The van der Waals surface area contributed by atoms with Gasteiger partial charge in [-0.3, -0.25) is 0 Å². The van der Waals surface area contributed by atoms with E-state index in [0.29, 0.717) is 0 Å². The van der Waals surface area contributed by atoms with E-state index in [-0.39, 0.29) is 22.8 Å². The van der Waals surface area contributed by atoms with Crippen molar-refractivity contribution in [1.29, 1.82) is 0 Å². The third-order valence-corrected chi connectivity index (χ3v) is 2.82. The summed E-state index contributed by atoms with van der Waals surface area (Å²) in [6.07, 6.45) is 1.22. The third kappa shape index (κ3) is 4.11. The quantitative estimate of drug-likeness (QED) is 0.410. The molecule has 0 saturated heterocycles. The summed E-state index contributed by atoms with van der Waals surface area (Å²) >= 11 is 0. The zero-order chi connectivity index (χ0) is 18.1. The van der Waals surface area contributed by atoms with Crippen LogP contribution < -0.4 is 10.5 Å². The van der Waals surface area contributed by atoms with Crippen LogP contribution in [-0.2, 0) is 4.74 Å². The average molecular weight is 339 g/mol. The number of hydrogen-bond donors (Lipinski definition) is 4. The molecular formula is C13H17N5O6. The Morgan fingerprint density at radius 1 is 1.25 bits per heavy atom. The van der Waals surface area contributed by atoms with Crippen molar-refractivity contribution in [2.45, 2.75) is 26.4 Å². The van der Waals surface area contributed by atoms with Gasteiger partial charge in [0.1, 0.15) is 11.3 Å². The summed E-state index contributed by atoms with van der Waals surface area (Å²) < 4.78 is 6.23. The number of esters is 1. The molecule has 0 amide bonds. The third-order valence-electron chi connectivity index (χ3n) is 2.82. The van der Waals surface area contributed by atoms with Crippen molar-refractivity contribution in [2.24, 2.45) is 0 Å². The van der Waals surface area contributed by atoms with Gasteiger partial charge in [-0.1, -0.05) is 5.21 Å². The van der Waals surface area contributed by atoms with Gasteiger partial charge in [-0.05, 0) is 26.8 Å². The van der Waals surface area contributed by atoms with Crippen LogP contribution in [0, 0.1) is 10.4 Å². The molecule has 11 nitrogen and oxygen atoms in total. The number of carbonyl (C=O) groups excluding carboxylic acids is 1. The Labute approximate surface area is 136 Å². The normalized spacial score (nSPS) is 14.3. The van der Waals surface area contributed by atoms with Crippen molar-refractivity contribution >= 4 is 17.3 Å².